The summed E-state index contributed by atoms with van der Waals surface area (Å²) in [6.45, 7) is 0. The molecule has 0 unspecified atom stereocenters. The quantitative estimate of drug-likeness (QED) is 0.169. The third kappa shape index (κ3) is 5.25. The number of aromatic nitrogens is 2. The van der Waals surface area contributed by atoms with Crippen molar-refractivity contribution in [3.63, 3.8) is 0 Å². The maximum absolute atomic E-state index is 6.24. The highest BCUT2D eigenvalue weighted by Crippen LogP contribution is 2.43. The first kappa shape index (κ1) is 32.7. The van der Waals surface area contributed by atoms with E-state index >= 15 is 0 Å². The van der Waals surface area contributed by atoms with Crippen molar-refractivity contribution in [1.29, 1.82) is 0 Å². The van der Waals surface area contributed by atoms with E-state index in [0.29, 0.717) is 5.89 Å². The molecule has 9 aromatic carbocycles. The van der Waals surface area contributed by atoms with Crippen molar-refractivity contribution in [3.05, 3.63) is 200 Å². The summed E-state index contributed by atoms with van der Waals surface area (Å²) in [6, 6.07) is 71.7. The van der Waals surface area contributed by atoms with Crippen LogP contribution in [0.2, 0.25) is 0 Å². The van der Waals surface area contributed by atoms with Crippen molar-refractivity contribution >= 4 is 92.2 Å². The number of oxazole rings is 1. The fourth-order valence-electron chi connectivity index (χ4n) is 8.67. The molecule has 0 spiro atoms. The zero-order chi connectivity index (χ0) is 38.2. The van der Waals surface area contributed by atoms with E-state index in [4.69, 9.17) is 9.40 Å². The number of benzene rings is 9. The van der Waals surface area contributed by atoms with Crippen LogP contribution in [0.4, 0.5) is 17.1 Å². The molecule has 0 saturated heterocycles. The fraction of sp³-hybridized carbons (Fsp3) is 0. The minimum atomic E-state index is 0.631. The molecule has 0 fully saturated rings. The molecule has 0 atom stereocenters. The van der Waals surface area contributed by atoms with Gasteiger partial charge in [-0.15, -0.1) is 11.3 Å². The van der Waals surface area contributed by atoms with Gasteiger partial charge in [-0.2, -0.15) is 0 Å². The van der Waals surface area contributed by atoms with E-state index in [2.05, 4.69) is 173 Å². The average Bonchev–Trinajstić information content (AvgIpc) is 3.99. The molecule has 3 aromatic heterocycles. The zero-order valence-corrected chi connectivity index (χ0v) is 32.0. The van der Waals surface area contributed by atoms with E-state index in [1.54, 1.807) is 0 Å². The zero-order valence-electron chi connectivity index (χ0n) is 31.2. The summed E-state index contributed by atoms with van der Waals surface area (Å²) in [4.78, 5) is 7.14. The Balaban J connectivity index is 1.01. The Labute approximate surface area is 338 Å². The molecule has 0 aliphatic heterocycles. The van der Waals surface area contributed by atoms with Gasteiger partial charge >= 0.3 is 0 Å². The van der Waals surface area contributed by atoms with Crippen molar-refractivity contribution in [1.82, 2.24) is 9.55 Å². The minimum absolute atomic E-state index is 0.631. The summed E-state index contributed by atoms with van der Waals surface area (Å²) in [5.41, 5.74) is 11.6. The Morgan fingerprint density at radius 3 is 1.98 bits per heavy atom. The van der Waals surface area contributed by atoms with E-state index in [-0.39, 0.29) is 0 Å². The van der Waals surface area contributed by atoms with Crippen molar-refractivity contribution in [2.45, 2.75) is 0 Å². The second-order valence-corrected chi connectivity index (χ2v) is 15.9. The van der Waals surface area contributed by atoms with Crippen molar-refractivity contribution in [2.24, 2.45) is 0 Å². The number of rotatable bonds is 6. The van der Waals surface area contributed by atoms with Crippen LogP contribution in [-0.4, -0.2) is 9.55 Å². The van der Waals surface area contributed by atoms with Gasteiger partial charge in [-0.3, -0.25) is 0 Å². The van der Waals surface area contributed by atoms with E-state index < -0.39 is 0 Å². The molecule has 4 nitrogen and oxygen atoms in total. The predicted octanol–water partition coefficient (Wildman–Crippen LogP) is 15.2. The number of hydrogen-bond acceptors (Lipinski definition) is 4. The topological polar surface area (TPSA) is 34.2 Å². The second-order valence-electron chi connectivity index (χ2n) is 14.8. The van der Waals surface area contributed by atoms with Crippen LogP contribution >= 0.6 is 11.3 Å². The number of nitrogens with zero attached hydrogens (tertiary/aromatic N) is 3. The Bertz CT molecular complexity index is 3510. The van der Waals surface area contributed by atoms with Crippen LogP contribution in [0.1, 0.15) is 0 Å². The first-order valence-electron chi connectivity index (χ1n) is 19.5. The third-order valence-electron chi connectivity index (χ3n) is 11.4. The molecule has 5 heteroatoms. The summed E-state index contributed by atoms with van der Waals surface area (Å²) in [7, 11) is 0. The maximum atomic E-state index is 6.24. The van der Waals surface area contributed by atoms with Gasteiger partial charge in [0.25, 0.3) is 0 Å². The number of fused-ring (bicyclic) bond motifs is 9. The van der Waals surface area contributed by atoms with Gasteiger partial charge in [0.2, 0.25) is 5.89 Å². The van der Waals surface area contributed by atoms with Crippen LogP contribution in [0, 0.1) is 0 Å². The Hall–Kier alpha value is -7.47. The fourth-order valence-corrected chi connectivity index (χ4v) is 9.76. The van der Waals surface area contributed by atoms with Crippen molar-refractivity contribution in [3.8, 4) is 28.3 Å². The molecule has 58 heavy (non-hydrogen) atoms. The van der Waals surface area contributed by atoms with E-state index in [9.17, 15) is 0 Å². The highest BCUT2D eigenvalue weighted by molar-refractivity contribution is 7.25. The molecule has 0 aliphatic rings. The normalized spacial score (nSPS) is 11.8. The summed E-state index contributed by atoms with van der Waals surface area (Å²) in [5, 5.41) is 7.46. The van der Waals surface area contributed by atoms with Crippen LogP contribution in [0.3, 0.4) is 0 Å². The SMILES string of the molecule is c1ccc(-c2nc3ccc(-c4ccc(N(c5ccc6c(ccc7c8ccccc8n(-c8ccccc8)c67)c5)c5ccc6sc7ccccc7c6c5)cc4)cc3o2)cc1. The molecule has 0 N–H and O–H groups in total. The van der Waals surface area contributed by atoms with Gasteiger partial charge in [0, 0.05) is 64.6 Å². The Kier molecular flexibility index (Phi) is 7.37. The molecule has 272 valence electrons. The smallest absolute Gasteiger partial charge is 0.227 e. The highest BCUT2D eigenvalue weighted by atomic mass is 32.1. The lowest BCUT2D eigenvalue weighted by atomic mass is 10.0. The largest absolute Gasteiger partial charge is 0.436 e. The van der Waals surface area contributed by atoms with Gasteiger partial charge in [-0.25, -0.2) is 4.98 Å². The first-order valence-corrected chi connectivity index (χ1v) is 20.3. The summed E-state index contributed by atoms with van der Waals surface area (Å²) in [5.74, 6) is 0.631. The number of hydrogen-bond donors (Lipinski definition) is 0. The highest BCUT2D eigenvalue weighted by Gasteiger charge is 2.19. The summed E-state index contributed by atoms with van der Waals surface area (Å²) < 4.78 is 11.2. The van der Waals surface area contributed by atoms with Crippen LogP contribution in [0.25, 0.3) is 92.1 Å². The molecule has 0 bridgehead atoms. The van der Waals surface area contributed by atoms with Crippen LogP contribution in [0.15, 0.2) is 205 Å². The number of anilines is 3. The van der Waals surface area contributed by atoms with Crippen molar-refractivity contribution < 1.29 is 4.42 Å². The van der Waals surface area contributed by atoms with Crippen LogP contribution < -0.4 is 4.90 Å². The number of para-hydroxylation sites is 2. The van der Waals surface area contributed by atoms with Crippen LogP contribution in [0.5, 0.6) is 0 Å². The lowest BCUT2D eigenvalue weighted by Gasteiger charge is -2.26. The molecular formula is C53H33N3OS. The van der Waals surface area contributed by atoms with Crippen LogP contribution in [-0.2, 0) is 0 Å². The Morgan fingerprint density at radius 1 is 0.448 bits per heavy atom. The van der Waals surface area contributed by atoms with Gasteiger partial charge < -0.3 is 13.9 Å². The lowest BCUT2D eigenvalue weighted by Crippen LogP contribution is -2.09. The van der Waals surface area contributed by atoms with Crippen molar-refractivity contribution in [2.75, 3.05) is 4.90 Å². The van der Waals surface area contributed by atoms with Gasteiger partial charge in [0.1, 0.15) is 5.52 Å². The van der Waals surface area contributed by atoms with Gasteiger partial charge in [0.05, 0.1) is 11.0 Å². The lowest BCUT2D eigenvalue weighted by molar-refractivity contribution is 0.620. The molecule has 3 heterocycles. The molecule has 0 amide bonds. The number of thiophene rings is 1. The maximum Gasteiger partial charge on any atom is 0.227 e. The van der Waals surface area contributed by atoms with E-state index in [0.717, 1.165) is 50.5 Å². The molecule has 12 aromatic rings. The van der Waals surface area contributed by atoms with Gasteiger partial charge in [0.15, 0.2) is 5.58 Å². The summed E-state index contributed by atoms with van der Waals surface area (Å²) >= 11 is 1.85. The van der Waals surface area contributed by atoms with E-state index in [1.807, 2.05) is 47.7 Å². The third-order valence-corrected chi connectivity index (χ3v) is 12.5. The first-order chi connectivity index (χ1) is 28.7. The van der Waals surface area contributed by atoms with E-state index in [1.165, 1.54) is 52.8 Å². The van der Waals surface area contributed by atoms with Gasteiger partial charge in [-0.05, 0) is 108 Å². The summed E-state index contributed by atoms with van der Waals surface area (Å²) in [6.07, 6.45) is 0. The standard InChI is InChI=1S/C53H33N3OS/c1-3-11-35(12-4-1)53-54-47-29-22-36(32-49(47)57-53)34-19-23-39(24-20-34)55(41-26-30-51-46(33-41)44-16-8-10-18-50(44)58-51)40-25-28-42-37(31-40)21-27-45-43-15-7-9-17-48(43)56(52(42)45)38-13-5-2-6-14-38/h1-33H. The molecular weight excluding hydrogens is 727 g/mol. The predicted molar refractivity (Wildman–Crippen MR) is 244 cm³/mol. The molecule has 12 rings (SSSR count). The second kappa shape index (κ2) is 13.1. The molecule has 0 aliphatic carbocycles. The molecule has 0 radical (unpaired) electrons. The monoisotopic (exact) mass is 759 g/mol. The Morgan fingerprint density at radius 2 is 1.12 bits per heavy atom. The molecule has 0 saturated carbocycles. The minimum Gasteiger partial charge on any atom is -0.436 e. The van der Waals surface area contributed by atoms with Gasteiger partial charge in [-0.1, -0.05) is 109 Å². The average molecular weight is 760 g/mol.